The maximum absolute atomic E-state index is 11.7. The Morgan fingerprint density at radius 1 is 1.17 bits per heavy atom. The summed E-state index contributed by atoms with van der Waals surface area (Å²) in [6.45, 7) is 2.24. The lowest BCUT2D eigenvalue weighted by molar-refractivity contribution is -0.120. The molecule has 2 fully saturated rings. The van der Waals surface area contributed by atoms with Crippen molar-refractivity contribution in [2.75, 3.05) is 31.6 Å². The van der Waals surface area contributed by atoms with Crippen LogP contribution in [0.2, 0.25) is 0 Å². The van der Waals surface area contributed by atoms with Gasteiger partial charge in [-0.1, -0.05) is 18.2 Å². The number of rotatable bonds is 5. The fourth-order valence-electron chi connectivity index (χ4n) is 2.81. The molecule has 124 valence electrons. The average molecular weight is 315 g/mol. The molecule has 1 unspecified atom stereocenters. The first-order valence-corrected chi connectivity index (χ1v) is 8.31. The van der Waals surface area contributed by atoms with Gasteiger partial charge >= 0.3 is 0 Å². The van der Waals surface area contributed by atoms with Gasteiger partial charge in [-0.2, -0.15) is 0 Å². The summed E-state index contributed by atoms with van der Waals surface area (Å²) in [5.74, 6) is 0.726. The van der Waals surface area contributed by atoms with Gasteiger partial charge in [-0.3, -0.25) is 9.79 Å². The van der Waals surface area contributed by atoms with E-state index in [1.807, 2.05) is 6.07 Å². The van der Waals surface area contributed by atoms with Gasteiger partial charge in [0.05, 0.1) is 6.54 Å². The monoisotopic (exact) mass is 315 g/mol. The fourth-order valence-corrected chi connectivity index (χ4v) is 2.81. The van der Waals surface area contributed by atoms with Crippen molar-refractivity contribution in [2.24, 2.45) is 4.99 Å². The Balaban J connectivity index is 1.43. The number of hydrogen-bond donors (Lipinski definition) is 3. The van der Waals surface area contributed by atoms with Crippen LogP contribution in [0.1, 0.15) is 19.3 Å². The van der Waals surface area contributed by atoms with Gasteiger partial charge in [0.25, 0.3) is 0 Å². The van der Waals surface area contributed by atoms with E-state index in [1.165, 1.54) is 5.69 Å². The Hall–Kier alpha value is -2.24. The van der Waals surface area contributed by atoms with Gasteiger partial charge in [0.1, 0.15) is 0 Å². The summed E-state index contributed by atoms with van der Waals surface area (Å²) in [5, 5.41) is 9.46. The summed E-state index contributed by atoms with van der Waals surface area (Å²) < 4.78 is 0. The van der Waals surface area contributed by atoms with Crippen LogP contribution in [0.4, 0.5) is 5.69 Å². The number of guanidine groups is 1. The lowest BCUT2D eigenvalue weighted by Gasteiger charge is -2.20. The zero-order valence-electron chi connectivity index (χ0n) is 13.6. The van der Waals surface area contributed by atoms with Crippen molar-refractivity contribution in [1.82, 2.24) is 16.0 Å². The van der Waals surface area contributed by atoms with Gasteiger partial charge in [-0.15, -0.1) is 0 Å². The van der Waals surface area contributed by atoms with Crippen LogP contribution >= 0.6 is 0 Å². The molecule has 1 aliphatic carbocycles. The number of aliphatic imine (C=N–C) groups is 1. The lowest BCUT2D eigenvalue weighted by atomic mass is 10.3. The molecule has 3 rings (SSSR count). The molecule has 1 saturated heterocycles. The third kappa shape index (κ3) is 4.61. The highest BCUT2D eigenvalue weighted by Gasteiger charge is 2.24. The molecule has 0 radical (unpaired) electrons. The molecule has 1 heterocycles. The first-order valence-electron chi connectivity index (χ1n) is 8.31. The molecule has 2 aliphatic rings. The number of nitrogens with zero attached hydrogens (tertiary/aromatic N) is 2. The number of para-hydroxylation sites is 1. The van der Waals surface area contributed by atoms with E-state index < -0.39 is 0 Å². The molecule has 3 N–H and O–H groups in total. The Morgan fingerprint density at radius 3 is 2.65 bits per heavy atom. The van der Waals surface area contributed by atoms with Crippen LogP contribution in [0, 0.1) is 0 Å². The summed E-state index contributed by atoms with van der Waals surface area (Å²) in [4.78, 5) is 18.3. The van der Waals surface area contributed by atoms with Gasteiger partial charge in [0.15, 0.2) is 5.96 Å². The van der Waals surface area contributed by atoms with Crippen LogP contribution in [0.3, 0.4) is 0 Å². The maximum atomic E-state index is 11.7. The second-order valence-corrected chi connectivity index (χ2v) is 6.18. The number of benzene rings is 1. The molecule has 1 aromatic carbocycles. The van der Waals surface area contributed by atoms with E-state index >= 15 is 0 Å². The number of carbonyl (C=O) groups is 1. The van der Waals surface area contributed by atoms with Crippen molar-refractivity contribution in [2.45, 2.75) is 31.3 Å². The van der Waals surface area contributed by atoms with E-state index in [-0.39, 0.29) is 12.5 Å². The molecule has 0 aromatic heterocycles. The van der Waals surface area contributed by atoms with Crippen molar-refractivity contribution in [3.63, 3.8) is 0 Å². The van der Waals surface area contributed by atoms with Gasteiger partial charge < -0.3 is 20.9 Å². The van der Waals surface area contributed by atoms with Crippen LogP contribution < -0.4 is 20.9 Å². The molecule has 1 amide bonds. The van der Waals surface area contributed by atoms with Crippen LogP contribution in [0.25, 0.3) is 0 Å². The highest BCUT2D eigenvalue weighted by Crippen LogP contribution is 2.19. The summed E-state index contributed by atoms with van der Waals surface area (Å²) in [6, 6.07) is 11.2. The van der Waals surface area contributed by atoms with Crippen LogP contribution in [0.15, 0.2) is 35.3 Å². The van der Waals surface area contributed by atoms with Crippen molar-refractivity contribution >= 4 is 17.6 Å². The second-order valence-electron chi connectivity index (χ2n) is 6.18. The van der Waals surface area contributed by atoms with Crippen molar-refractivity contribution in [1.29, 1.82) is 0 Å². The summed E-state index contributed by atoms with van der Waals surface area (Å²) in [6.07, 6.45) is 3.27. The second kappa shape index (κ2) is 7.35. The van der Waals surface area contributed by atoms with E-state index in [0.29, 0.717) is 18.0 Å². The van der Waals surface area contributed by atoms with Crippen LogP contribution in [-0.2, 0) is 4.79 Å². The summed E-state index contributed by atoms with van der Waals surface area (Å²) in [7, 11) is 1.73. The van der Waals surface area contributed by atoms with E-state index in [2.05, 4.69) is 50.1 Å². The smallest absolute Gasteiger partial charge is 0.239 e. The zero-order chi connectivity index (χ0) is 16.1. The molecular weight excluding hydrogens is 290 g/mol. The molecule has 1 atom stereocenters. The van der Waals surface area contributed by atoms with Gasteiger partial charge in [0, 0.05) is 37.9 Å². The van der Waals surface area contributed by atoms with E-state index in [4.69, 9.17) is 0 Å². The largest absolute Gasteiger partial charge is 0.369 e. The number of anilines is 1. The minimum atomic E-state index is 0.0350. The first kappa shape index (κ1) is 15.6. The third-order valence-electron chi connectivity index (χ3n) is 4.23. The van der Waals surface area contributed by atoms with Gasteiger partial charge in [0.2, 0.25) is 5.91 Å². The van der Waals surface area contributed by atoms with Crippen LogP contribution in [-0.4, -0.2) is 50.6 Å². The molecule has 6 heteroatoms. The highest BCUT2D eigenvalue weighted by atomic mass is 16.2. The molecule has 23 heavy (non-hydrogen) atoms. The predicted octanol–water partition coefficient (Wildman–Crippen LogP) is 0.709. The lowest BCUT2D eigenvalue weighted by Crippen LogP contribution is -2.47. The van der Waals surface area contributed by atoms with Gasteiger partial charge in [-0.25, -0.2) is 0 Å². The Morgan fingerprint density at radius 2 is 1.96 bits per heavy atom. The van der Waals surface area contributed by atoms with Crippen molar-refractivity contribution in [3.05, 3.63) is 30.3 Å². The Bertz CT molecular complexity index is 555. The van der Waals surface area contributed by atoms with Crippen molar-refractivity contribution in [3.8, 4) is 0 Å². The number of hydrogen-bond acceptors (Lipinski definition) is 3. The Kier molecular flexibility index (Phi) is 5.00. The number of carbonyl (C=O) groups excluding carboxylic acids is 1. The first-order chi connectivity index (χ1) is 11.2. The van der Waals surface area contributed by atoms with E-state index in [0.717, 1.165) is 32.4 Å². The summed E-state index contributed by atoms with van der Waals surface area (Å²) >= 11 is 0. The molecular formula is C17H25N5O. The molecule has 0 spiro atoms. The number of nitrogens with one attached hydrogen (secondary N) is 3. The highest BCUT2D eigenvalue weighted by molar-refractivity contribution is 5.86. The zero-order valence-corrected chi connectivity index (χ0v) is 13.6. The summed E-state index contributed by atoms with van der Waals surface area (Å²) in [5.41, 5.74) is 1.25. The average Bonchev–Trinajstić information content (AvgIpc) is 3.26. The standard InChI is InChI=1S/C17H25N5O/c1-18-17(19-11-16(23)20-13-7-8-13)21-14-9-10-22(12-14)15-5-3-2-4-6-15/h2-6,13-14H,7-12H2,1H3,(H,20,23)(H2,18,19,21). The topological polar surface area (TPSA) is 68.8 Å². The minimum Gasteiger partial charge on any atom is -0.369 e. The fraction of sp³-hybridized carbons (Fsp3) is 0.529. The SMILES string of the molecule is CN=C(NCC(=O)NC1CC1)NC1CCN(c2ccccc2)C1. The van der Waals surface area contributed by atoms with Crippen LogP contribution in [0.5, 0.6) is 0 Å². The molecule has 1 aliphatic heterocycles. The number of amides is 1. The molecule has 1 aromatic rings. The predicted molar refractivity (Wildman–Crippen MR) is 92.7 cm³/mol. The minimum absolute atomic E-state index is 0.0350. The molecule has 6 nitrogen and oxygen atoms in total. The molecule has 1 saturated carbocycles. The molecule has 0 bridgehead atoms. The Labute approximate surface area is 137 Å². The maximum Gasteiger partial charge on any atom is 0.239 e. The van der Waals surface area contributed by atoms with E-state index in [9.17, 15) is 4.79 Å². The third-order valence-corrected chi connectivity index (χ3v) is 4.23. The van der Waals surface area contributed by atoms with Crippen molar-refractivity contribution < 1.29 is 4.79 Å². The van der Waals surface area contributed by atoms with Gasteiger partial charge in [-0.05, 0) is 31.4 Å². The normalized spacial score (nSPS) is 21.2. The quantitative estimate of drug-likeness (QED) is 0.553. The van der Waals surface area contributed by atoms with E-state index in [1.54, 1.807) is 7.05 Å².